The predicted octanol–water partition coefficient (Wildman–Crippen LogP) is -1.34. The quantitative estimate of drug-likeness (QED) is 0.355. The maximum Gasteiger partial charge on any atom is 0.131 e. The number of hydrogen-bond donors (Lipinski definition) is 3. The van der Waals surface area contributed by atoms with Gasteiger partial charge in [0.15, 0.2) is 0 Å². The van der Waals surface area contributed by atoms with E-state index in [0.29, 0.717) is 6.42 Å². The molecule has 0 aromatic heterocycles. The summed E-state index contributed by atoms with van der Waals surface area (Å²) in [5, 5.41) is 20.0. The molecule has 1 fully saturated rings. The molecule has 1 aliphatic heterocycles. The summed E-state index contributed by atoms with van der Waals surface area (Å²) < 4.78 is 0. The van der Waals surface area contributed by atoms with Gasteiger partial charge in [-0.3, -0.25) is 5.32 Å². The molecule has 2 atom stereocenters. The van der Waals surface area contributed by atoms with E-state index in [1.54, 1.807) is 0 Å². The maximum absolute atomic E-state index is 8.69. The normalized spacial score (nSPS) is 42.0. The van der Waals surface area contributed by atoms with E-state index < -0.39 is 12.3 Å². The van der Waals surface area contributed by atoms with Gasteiger partial charge in [-0.1, -0.05) is 0 Å². The van der Waals surface area contributed by atoms with Gasteiger partial charge in [-0.2, -0.15) is 0 Å². The number of aliphatic hydroxyl groups excluding tert-OH is 2. The summed E-state index contributed by atoms with van der Waals surface area (Å²) in [5.41, 5.74) is 0. The van der Waals surface area contributed by atoms with Gasteiger partial charge in [0, 0.05) is 6.54 Å². The Morgan fingerprint density at radius 1 is 1.43 bits per heavy atom. The van der Waals surface area contributed by atoms with Crippen LogP contribution in [0.15, 0.2) is 0 Å². The highest BCUT2D eigenvalue weighted by atomic mass is 16.3. The van der Waals surface area contributed by atoms with Crippen LogP contribution in [0, 0.1) is 0 Å². The van der Waals surface area contributed by atoms with Crippen LogP contribution in [-0.4, -0.2) is 29.1 Å². The van der Waals surface area contributed by atoms with E-state index in [9.17, 15) is 0 Å². The lowest BCUT2D eigenvalue weighted by Gasteiger charge is -2.03. The average Bonchev–Trinajstić information content (AvgIpc) is 1.91. The smallest absolute Gasteiger partial charge is 0.131 e. The van der Waals surface area contributed by atoms with Crippen LogP contribution in [-0.2, 0) is 0 Å². The fourth-order valence-electron chi connectivity index (χ4n) is 0.673. The third-order valence-corrected chi connectivity index (χ3v) is 1.16. The zero-order valence-corrected chi connectivity index (χ0v) is 3.96. The van der Waals surface area contributed by atoms with Crippen molar-refractivity contribution in [3.05, 3.63) is 0 Å². The van der Waals surface area contributed by atoms with Crippen molar-refractivity contribution in [3.63, 3.8) is 0 Å². The Balaban J connectivity index is 2.33. The second-order valence-electron chi connectivity index (χ2n) is 1.75. The molecule has 0 bridgehead atoms. The van der Waals surface area contributed by atoms with Gasteiger partial charge in [0.1, 0.15) is 6.23 Å². The van der Waals surface area contributed by atoms with Crippen LogP contribution in [0.1, 0.15) is 6.42 Å². The van der Waals surface area contributed by atoms with Gasteiger partial charge in [-0.05, 0) is 6.42 Å². The Labute approximate surface area is 42.0 Å². The van der Waals surface area contributed by atoms with E-state index in [1.165, 1.54) is 0 Å². The van der Waals surface area contributed by atoms with E-state index in [1.807, 2.05) is 0 Å². The van der Waals surface area contributed by atoms with Gasteiger partial charge in [-0.15, -0.1) is 0 Å². The van der Waals surface area contributed by atoms with E-state index in [2.05, 4.69) is 5.32 Å². The van der Waals surface area contributed by atoms with Crippen molar-refractivity contribution in [2.75, 3.05) is 6.54 Å². The summed E-state index contributed by atoms with van der Waals surface area (Å²) in [7, 11) is 0. The van der Waals surface area contributed by atoms with E-state index in [4.69, 9.17) is 10.2 Å². The first-order valence-electron chi connectivity index (χ1n) is 2.40. The average molecular weight is 103 g/mol. The molecule has 0 aliphatic carbocycles. The lowest BCUT2D eigenvalue weighted by atomic mass is 10.3. The lowest BCUT2D eigenvalue weighted by Crippen LogP contribution is -2.28. The van der Waals surface area contributed by atoms with E-state index in [0.717, 1.165) is 6.54 Å². The number of nitrogens with one attached hydrogen (secondary N) is 1. The topological polar surface area (TPSA) is 52.5 Å². The van der Waals surface area contributed by atoms with Crippen molar-refractivity contribution in [2.45, 2.75) is 18.8 Å². The minimum atomic E-state index is -0.681. The van der Waals surface area contributed by atoms with Crippen molar-refractivity contribution >= 4 is 0 Å². The van der Waals surface area contributed by atoms with Crippen LogP contribution >= 0.6 is 0 Å². The molecule has 3 N–H and O–H groups in total. The molecular formula is C4H9NO2. The Morgan fingerprint density at radius 3 is 2.29 bits per heavy atom. The van der Waals surface area contributed by atoms with Crippen molar-refractivity contribution in [1.82, 2.24) is 5.32 Å². The third kappa shape index (κ3) is 0.907. The van der Waals surface area contributed by atoms with Crippen LogP contribution < -0.4 is 5.32 Å². The second kappa shape index (κ2) is 1.78. The molecule has 0 amide bonds. The Morgan fingerprint density at radius 2 is 2.14 bits per heavy atom. The summed E-state index contributed by atoms with van der Waals surface area (Å²) in [4.78, 5) is 0. The fraction of sp³-hybridized carbons (Fsp3) is 1.00. The first-order chi connectivity index (χ1) is 3.30. The molecule has 0 radical (unpaired) electrons. The van der Waals surface area contributed by atoms with Gasteiger partial charge < -0.3 is 10.2 Å². The molecule has 0 aromatic rings. The largest absolute Gasteiger partial charge is 0.389 e. The van der Waals surface area contributed by atoms with Crippen molar-refractivity contribution in [1.29, 1.82) is 0 Å². The van der Waals surface area contributed by atoms with Crippen molar-refractivity contribution in [2.24, 2.45) is 0 Å². The monoisotopic (exact) mass is 103 g/mol. The molecule has 42 valence electrons. The first kappa shape index (κ1) is 5.03. The van der Waals surface area contributed by atoms with Gasteiger partial charge in [0.05, 0.1) is 6.10 Å². The minimum Gasteiger partial charge on any atom is -0.389 e. The summed E-state index contributed by atoms with van der Waals surface area (Å²) in [6.07, 6.45) is -0.554. The molecule has 0 spiro atoms. The van der Waals surface area contributed by atoms with Crippen LogP contribution in [0.3, 0.4) is 0 Å². The summed E-state index contributed by atoms with van der Waals surface area (Å²) in [6, 6.07) is 0. The summed E-state index contributed by atoms with van der Waals surface area (Å²) in [6.45, 7) is 0.725. The number of rotatable bonds is 0. The van der Waals surface area contributed by atoms with Crippen LogP contribution in [0.25, 0.3) is 0 Å². The Kier molecular flexibility index (Phi) is 1.27. The highest BCUT2D eigenvalue weighted by Gasteiger charge is 2.20. The zero-order valence-electron chi connectivity index (χ0n) is 3.96. The zero-order chi connectivity index (χ0) is 5.28. The number of hydrogen-bond acceptors (Lipinski definition) is 3. The summed E-state index contributed by atoms with van der Waals surface area (Å²) >= 11 is 0. The molecular weight excluding hydrogens is 94.0 g/mol. The van der Waals surface area contributed by atoms with Crippen molar-refractivity contribution in [3.8, 4) is 0 Å². The van der Waals surface area contributed by atoms with Crippen LogP contribution in [0.5, 0.6) is 0 Å². The fourth-order valence-corrected chi connectivity index (χ4v) is 0.673. The van der Waals surface area contributed by atoms with E-state index in [-0.39, 0.29) is 0 Å². The van der Waals surface area contributed by atoms with Gasteiger partial charge in [0.2, 0.25) is 0 Å². The standard InChI is InChI=1S/C4H9NO2/c6-3-1-2-5-4(3)7/h3-7H,1-2H2/t3-,4-/m1/s1. The minimum absolute atomic E-state index is 0.542. The molecule has 1 rings (SSSR count). The predicted molar refractivity (Wildman–Crippen MR) is 24.6 cm³/mol. The molecule has 1 heterocycles. The van der Waals surface area contributed by atoms with Gasteiger partial charge >= 0.3 is 0 Å². The molecule has 3 nitrogen and oxygen atoms in total. The molecule has 3 heteroatoms. The Hall–Kier alpha value is -0.120. The molecule has 1 aliphatic rings. The molecule has 7 heavy (non-hydrogen) atoms. The SMILES string of the molecule is O[C@@H]1CCN[C@@H]1O. The van der Waals surface area contributed by atoms with Gasteiger partial charge in [0.25, 0.3) is 0 Å². The Bertz CT molecular complexity index is 58.7. The molecule has 0 aromatic carbocycles. The summed E-state index contributed by atoms with van der Waals surface area (Å²) in [5.74, 6) is 0. The van der Waals surface area contributed by atoms with E-state index >= 15 is 0 Å². The molecule has 0 saturated carbocycles. The maximum atomic E-state index is 8.69. The lowest BCUT2D eigenvalue weighted by molar-refractivity contribution is 0.0318. The highest BCUT2D eigenvalue weighted by Crippen LogP contribution is 2.01. The molecule has 0 unspecified atom stereocenters. The first-order valence-corrected chi connectivity index (χ1v) is 2.40. The van der Waals surface area contributed by atoms with Crippen molar-refractivity contribution < 1.29 is 10.2 Å². The number of aliphatic hydroxyl groups is 2. The second-order valence-corrected chi connectivity index (χ2v) is 1.75. The highest BCUT2D eigenvalue weighted by molar-refractivity contribution is 4.73. The van der Waals surface area contributed by atoms with Crippen LogP contribution in [0.4, 0.5) is 0 Å². The third-order valence-electron chi connectivity index (χ3n) is 1.16. The van der Waals surface area contributed by atoms with Crippen LogP contribution in [0.2, 0.25) is 0 Å². The molecule has 1 saturated heterocycles. The van der Waals surface area contributed by atoms with Gasteiger partial charge in [-0.25, -0.2) is 0 Å².